The van der Waals surface area contributed by atoms with Crippen molar-refractivity contribution in [2.75, 3.05) is 0 Å². The molecule has 0 bridgehead atoms. The van der Waals surface area contributed by atoms with E-state index in [0.29, 0.717) is 14.7 Å². The summed E-state index contributed by atoms with van der Waals surface area (Å²) in [6, 6.07) is 0. The maximum absolute atomic E-state index is 4.29. The topological polar surface area (TPSA) is 25.8 Å². The van der Waals surface area contributed by atoms with Crippen molar-refractivity contribution in [1.29, 1.82) is 0 Å². The van der Waals surface area contributed by atoms with Gasteiger partial charge in [-0.2, -0.15) is 0 Å². The van der Waals surface area contributed by atoms with Gasteiger partial charge in [-0.15, -0.1) is 0 Å². The van der Waals surface area contributed by atoms with Crippen LogP contribution < -0.4 is 0 Å². The molecule has 1 aromatic heterocycles. The molecule has 2 nitrogen and oxygen atoms in total. The van der Waals surface area contributed by atoms with Crippen molar-refractivity contribution in [2.45, 2.75) is 70.6 Å². The Morgan fingerprint density at radius 3 is 2.28 bits per heavy atom. The fourth-order valence-electron chi connectivity index (χ4n) is 2.50. The van der Waals surface area contributed by atoms with Crippen LogP contribution in [0.3, 0.4) is 0 Å². The van der Waals surface area contributed by atoms with Crippen molar-refractivity contribution in [2.24, 2.45) is 0 Å². The molecule has 1 aliphatic carbocycles. The maximum atomic E-state index is 4.29. The monoisotopic (exact) mass is 312 g/mol. The van der Waals surface area contributed by atoms with E-state index in [1.807, 2.05) is 0 Å². The van der Waals surface area contributed by atoms with Gasteiger partial charge in [0, 0.05) is 0 Å². The molecule has 1 aromatic rings. The Morgan fingerprint density at radius 2 is 1.50 bits per heavy atom. The summed E-state index contributed by atoms with van der Waals surface area (Å²) in [6.45, 7) is 0. The van der Waals surface area contributed by atoms with Crippen molar-refractivity contribution < 1.29 is 0 Å². The fraction of sp³-hybridized carbons (Fsp3) is 0.733. The van der Waals surface area contributed by atoms with E-state index in [2.05, 4.69) is 21.3 Å². The van der Waals surface area contributed by atoms with Gasteiger partial charge in [0.25, 0.3) is 0 Å². The van der Waals surface area contributed by atoms with E-state index >= 15 is 0 Å². The van der Waals surface area contributed by atoms with Gasteiger partial charge in [0.05, 0.1) is 0 Å². The van der Waals surface area contributed by atoms with Crippen molar-refractivity contribution in [3.05, 3.63) is 16.2 Å². The third-order valence-electron chi connectivity index (χ3n) is 3.64. The molecule has 0 saturated carbocycles. The van der Waals surface area contributed by atoms with Gasteiger partial charge < -0.3 is 0 Å². The quantitative estimate of drug-likeness (QED) is 0.677. The van der Waals surface area contributed by atoms with Crippen LogP contribution in [0.25, 0.3) is 6.08 Å². The summed E-state index contributed by atoms with van der Waals surface area (Å²) >= 11 is 0.299. The van der Waals surface area contributed by atoms with Crippen molar-refractivity contribution in [1.82, 2.24) is 9.19 Å². The Bertz CT molecular complexity index is 357. The number of aryl methyl sites for hydroxylation is 1. The number of allylic oxidation sites excluding steroid dienone is 1. The van der Waals surface area contributed by atoms with Gasteiger partial charge in [-0.3, -0.25) is 0 Å². The first-order valence-electron chi connectivity index (χ1n) is 7.44. The average molecular weight is 311 g/mol. The van der Waals surface area contributed by atoms with Crippen molar-refractivity contribution >= 4 is 20.8 Å². The van der Waals surface area contributed by atoms with Gasteiger partial charge in [0.1, 0.15) is 0 Å². The van der Waals surface area contributed by atoms with Crippen LogP contribution in [0.15, 0.2) is 6.08 Å². The Labute approximate surface area is 117 Å². The second kappa shape index (κ2) is 8.66. The molecule has 0 fully saturated rings. The van der Waals surface area contributed by atoms with Gasteiger partial charge in [-0.05, 0) is 0 Å². The van der Waals surface area contributed by atoms with Crippen molar-refractivity contribution in [3.8, 4) is 0 Å². The number of fused-ring (bicyclic) bond motifs is 1. The van der Waals surface area contributed by atoms with Crippen LogP contribution in [0.4, 0.5) is 0 Å². The minimum atomic E-state index is 0.299. The molecule has 0 saturated heterocycles. The second-order valence-electron chi connectivity index (χ2n) is 5.20. The Kier molecular flexibility index (Phi) is 6.74. The summed E-state index contributed by atoms with van der Waals surface area (Å²) in [5, 5.41) is 4.29. The number of rotatable bonds is 0. The molecule has 0 radical (unpaired) electrons. The summed E-state index contributed by atoms with van der Waals surface area (Å²) in [5.74, 6) is 0. The SMILES string of the molecule is C1=C\c2nn[se]c2CCCCCCCCCCC/1. The molecule has 18 heavy (non-hydrogen) atoms. The van der Waals surface area contributed by atoms with Gasteiger partial charge in [-0.1, -0.05) is 0 Å². The van der Waals surface area contributed by atoms with E-state index in [0.717, 1.165) is 0 Å². The van der Waals surface area contributed by atoms with E-state index in [9.17, 15) is 0 Å². The normalized spacial score (nSPS) is 21.6. The summed E-state index contributed by atoms with van der Waals surface area (Å²) in [6.07, 6.45) is 19.6. The average Bonchev–Trinajstić information content (AvgIpc) is 2.81. The molecular weight excluding hydrogens is 287 g/mol. The minimum absolute atomic E-state index is 0.299. The van der Waals surface area contributed by atoms with E-state index in [1.54, 1.807) is 0 Å². The molecule has 0 amide bonds. The Balaban J connectivity index is 1.88. The van der Waals surface area contributed by atoms with Crippen LogP contribution >= 0.6 is 0 Å². The molecular formula is C15H24N2Se. The van der Waals surface area contributed by atoms with E-state index in [4.69, 9.17) is 0 Å². The zero-order valence-corrected chi connectivity index (χ0v) is 12.9. The van der Waals surface area contributed by atoms with Crippen LogP contribution in [0, 0.1) is 0 Å². The van der Waals surface area contributed by atoms with Crippen molar-refractivity contribution in [3.63, 3.8) is 0 Å². The summed E-state index contributed by atoms with van der Waals surface area (Å²) in [5.41, 5.74) is 1.19. The van der Waals surface area contributed by atoms with Crippen LogP contribution in [0.1, 0.15) is 74.3 Å². The van der Waals surface area contributed by atoms with Crippen LogP contribution in [0.5, 0.6) is 0 Å². The number of nitrogens with zero attached hydrogens (tertiary/aromatic N) is 2. The zero-order valence-electron chi connectivity index (χ0n) is 11.2. The molecule has 1 heterocycles. The molecule has 2 rings (SSSR count). The summed E-state index contributed by atoms with van der Waals surface area (Å²) in [7, 11) is 0. The van der Waals surface area contributed by atoms with Crippen LogP contribution in [-0.2, 0) is 6.42 Å². The Hall–Kier alpha value is -0.401. The van der Waals surface area contributed by atoms with E-state index in [1.165, 1.54) is 80.8 Å². The molecule has 0 aromatic carbocycles. The molecule has 3 heteroatoms. The number of aromatic nitrogens is 2. The van der Waals surface area contributed by atoms with Gasteiger partial charge in [-0.25, -0.2) is 0 Å². The molecule has 0 spiro atoms. The number of hydrogen-bond donors (Lipinski definition) is 0. The molecule has 100 valence electrons. The van der Waals surface area contributed by atoms with E-state index in [-0.39, 0.29) is 0 Å². The van der Waals surface area contributed by atoms with Gasteiger partial charge in [0.2, 0.25) is 0 Å². The van der Waals surface area contributed by atoms with E-state index < -0.39 is 0 Å². The molecule has 0 atom stereocenters. The summed E-state index contributed by atoms with van der Waals surface area (Å²) in [4.78, 5) is 0. The van der Waals surface area contributed by atoms with Gasteiger partial charge >= 0.3 is 117 Å². The standard InChI is InChI=1S/C15H24N2Se/c1-2-4-6-8-10-12-14-15(18-17-16-14)13-11-9-7-5-3-1/h10,12H,1-9,11,13H2/b12-10-. The molecule has 1 aliphatic rings. The predicted octanol–water partition coefficient (Wildman–Crippen LogP) is 4.00. The molecule has 0 aliphatic heterocycles. The second-order valence-corrected chi connectivity index (χ2v) is 6.96. The Morgan fingerprint density at radius 1 is 0.833 bits per heavy atom. The zero-order chi connectivity index (χ0) is 12.5. The van der Waals surface area contributed by atoms with Crippen LogP contribution in [0.2, 0.25) is 0 Å². The number of hydrogen-bond acceptors (Lipinski definition) is 2. The molecule has 0 unspecified atom stereocenters. The van der Waals surface area contributed by atoms with Crippen LogP contribution in [-0.4, -0.2) is 23.9 Å². The van der Waals surface area contributed by atoms with Gasteiger partial charge in [0.15, 0.2) is 0 Å². The summed E-state index contributed by atoms with van der Waals surface area (Å²) < 4.78 is 5.76. The predicted molar refractivity (Wildman–Crippen MR) is 77.9 cm³/mol. The molecule has 0 N–H and O–H groups in total. The fourth-order valence-corrected chi connectivity index (χ4v) is 3.89. The third kappa shape index (κ3) is 5.07. The first-order valence-corrected chi connectivity index (χ1v) is 9.07. The third-order valence-corrected chi connectivity index (χ3v) is 5.31. The first-order chi connectivity index (χ1) is 8.97. The first kappa shape index (κ1) is 14.0.